The highest BCUT2D eigenvalue weighted by Gasteiger charge is 2.38. The number of aryl methyl sites for hydroxylation is 1. The fourth-order valence-corrected chi connectivity index (χ4v) is 7.47. The van der Waals surface area contributed by atoms with Crippen LogP contribution in [0.1, 0.15) is 104 Å². The molecule has 1 N–H and O–H groups in total. The maximum absolute atomic E-state index is 14.0. The molecule has 4 heterocycles. The first kappa shape index (κ1) is 36.9. The standard InChI is InChI=1S/C38H54N6O6Si/c1-7-8-17-50-35-31(46)20-27(44-16-15-43(24(2)3)38(48)34(35)44)13-14-30(45)32(26-11-12-26)41-37(47)28-22-42(23-49-18-19-51(4,5)6)36-33(28)40-29(21-39-36)25-9-10-25/h20-22,24-26,32H,7-19,23H2,1-6H3,(H,41,47)/t32-/m1/s1. The first-order valence-electron chi connectivity index (χ1n) is 18.8. The highest BCUT2D eigenvalue weighted by Crippen LogP contribution is 2.39. The molecule has 0 bridgehead atoms. The van der Waals surface area contributed by atoms with E-state index in [1.807, 2.05) is 29.9 Å². The number of fused-ring (bicyclic) bond motifs is 2. The van der Waals surface area contributed by atoms with Gasteiger partial charge in [-0.3, -0.25) is 19.2 Å². The summed E-state index contributed by atoms with van der Waals surface area (Å²) in [5.74, 6) is -0.163. The van der Waals surface area contributed by atoms with Gasteiger partial charge in [0.2, 0.25) is 5.43 Å². The average Bonchev–Trinajstić information content (AvgIpc) is 4.02. The molecule has 0 spiro atoms. The van der Waals surface area contributed by atoms with Crippen molar-refractivity contribution in [1.82, 2.24) is 29.3 Å². The van der Waals surface area contributed by atoms with Crippen LogP contribution >= 0.6 is 0 Å². The summed E-state index contributed by atoms with van der Waals surface area (Å²) in [5.41, 5.74) is 2.94. The molecule has 2 saturated carbocycles. The molecular weight excluding hydrogens is 665 g/mol. The maximum Gasteiger partial charge on any atom is 0.274 e. The van der Waals surface area contributed by atoms with Crippen LogP contribution in [0.15, 0.2) is 23.3 Å². The molecule has 0 radical (unpaired) electrons. The highest BCUT2D eigenvalue weighted by molar-refractivity contribution is 6.76. The monoisotopic (exact) mass is 718 g/mol. The Labute approximate surface area is 301 Å². The number of aromatic nitrogens is 4. The van der Waals surface area contributed by atoms with E-state index in [1.54, 1.807) is 17.3 Å². The summed E-state index contributed by atoms with van der Waals surface area (Å²) in [6.45, 7) is 15.1. The minimum atomic E-state index is -1.26. The lowest BCUT2D eigenvalue weighted by Crippen LogP contribution is -2.46. The van der Waals surface area contributed by atoms with E-state index in [2.05, 4.69) is 25.0 Å². The van der Waals surface area contributed by atoms with Crippen molar-refractivity contribution in [3.05, 3.63) is 51.3 Å². The predicted molar refractivity (Wildman–Crippen MR) is 198 cm³/mol. The normalized spacial score (nSPS) is 16.8. The summed E-state index contributed by atoms with van der Waals surface area (Å²) < 4.78 is 15.6. The van der Waals surface area contributed by atoms with Crippen molar-refractivity contribution in [3.8, 4) is 5.75 Å². The zero-order chi connectivity index (χ0) is 36.4. The second-order valence-electron chi connectivity index (χ2n) is 16.0. The predicted octanol–water partition coefficient (Wildman–Crippen LogP) is 5.54. The van der Waals surface area contributed by atoms with Crippen LogP contribution in [0, 0.1) is 5.92 Å². The fraction of sp³-hybridized carbons (Fsp3) is 0.632. The number of amides is 2. The van der Waals surface area contributed by atoms with E-state index in [4.69, 9.17) is 19.4 Å². The average molecular weight is 719 g/mol. The quantitative estimate of drug-likeness (QED) is 0.134. The maximum atomic E-state index is 14.0. The summed E-state index contributed by atoms with van der Waals surface area (Å²) in [6, 6.07) is 1.85. The largest absolute Gasteiger partial charge is 0.487 e. The lowest BCUT2D eigenvalue weighted by molar-refractivity contribution is -0.121. The van der Waals surface area contributed by atoms with Gasteiger partial charge in [0, 0.05) is 64.1 Å². The molecule has 6 rings (SSSR count). The Kier molecular flexibility index (Phi) is 11.2. The summed E-state index contributed by atoms with van der Waals surface area (Å²) in [7, 11) is -1.26. The van der Waals surface area contributed by atoms with Gasteiger partial charge in [0.1, 0.15) is 12.2 Å². The SMILES string of the molecule is CCCCOc1c2n(c(CCC(=O)[C@H](NC(=O)c3cn(COCC[Si](C)(C)C)c4ncc(C5CC5)nc34)C3CC3)cc1=O)CCN(C(C)C)C2=O. The van der Waals surface area contributed by atoms with Gasteiger partial charge in [0.05, 0.1) is 30.1 Å². The van der Waals surface area contributed by atoms with E-state index in [1.165, 1.54) is 6.07 Å². The number of nitrogens with zero attached hydrogens (tertiary/aromatic N) is 5. The van der Waals surface area contributed by atoms with Crippen molar-refractivity contribution in [2.45, 2.75) is 129 Å². The molecule has 2 aliphatic carbocycles. The molecule has 0 aromatic carbocycles. The van der Waals surface area contributed by atoms with Crippen LogP contribution in [-0.4, -0.2) is 81.5 Å². The fourth-order valence-electron chi connectivity index (χ4n) is 6.71. The number of carbonyl (C=O) groups is 3. The summed E-state index contributed by atoms with van der Waals surface area (Å²) in [4.78, 5) is 66.2. The molecule has 51 heavy (non-hydrogen) atoms. The Bertz CT molecular complexity index is 1840. The van der Waals surface area contributed by atoms with Crippen LogP contribution < -0.4 is 15.5 Å². The van der Waals surface area contributed by atoms with Crippen molar-refractivity contribution >= 4 is 36.8 Å². The number of rotatable bonds is 18. The van der Waals surface area contributed by atoms with E-state index in [-0.39, 0.29) is 66.0 Å². The number of pyridine rings is 1. The zero-order valence-corrected chi connectivity index (χ0v) is 32.1. The van der Waals surface area contributed by atoms with Gasteiger partial charge in [-0.05, 0) is 64.3 Å². The minimum Gasteiger partial charge on any atom is -0.487 e. The second kappa shape index (κ2) is 15.4. The second-order valence-corrected chi connectivity index (χ2v) is 21.6. The van der Waals surface area contributed by atoms with Gasteiger partial charge in [0.25, 0.3) is 11.8 Å². The van der Waals surface area contributed by atoms with Crippen molar-refractivity contribution in [3.63, 3.8) is 0 Å². The molecule has 3 aliphatic rings. The molecule has 276 valence electrons. The Morgan fingerprint density at radius 1 is 1.08 bits per heavy atom. The molecular formula is C38H54N6O6Si. The van der Waals surface area contributed by atoms with Gasteiger partial charge in [0.15, 0.2) is 22.9 Å². The summed E-state index contributed by atoms with van der Waals surface area (Å²) >= 11 is 0. The van der Waals surface area contributed by atoms with Gasteiger partial charge < -0.3 is 28.8 Å². The number of Topliss-reactive ketones (excluding diaryl/α,β-unsaturated/α-hetero) is 1. The summed E-state index contributed by atoms with van der Waals surface area (Å²) in [5, 5.41) is 3.07. The van der Waals surface area contributed by atoms with Crippen molar-refractivity contribution < 1.29 is 23.9 Å². The molecule has 12 nitrogen and oxygen atoms in total. The van der Waals surface area contributed by atoms with E-state index in [0.29, 0.717) is 54.6 Å². The van der Waals surface area contributed by atoms with Gasteiger partial charge in [-0.25, -0.2) is 9.97 Å². The van der Waals surface area contributed by atoms with E-state index in [9.17, 15) is 19.2 Å². The molecule has 3 aromatic rings. The molecule has 1 atom stereocenters. The Balaban J connectivity index is 1.20. The van der Waals surface area contributed by atoms with Crippen LogP contribution in [0.2, 0.25) is 25.7 Å². The van der Waals surface area contributed by atoms with Crippen LogP contribution in [-0.2, 0) is 29.2 Å². The number of carbonyl (C=O) groups excluding carboxylic acids is 3. The highest BCUT2D eigenvalue weighted by atomic mass is 28.3. The molecule has 2 amide bonds. The van der Waals surface area contributed by atoms with Gasteiger partial charge in [-0.15, -0.1) is 0 Å². The Hall–Kier alpha value is -3.84. The van der Waals surface area contributed by atoms with Gasteiger partial charge >= 0.3 is 0 Å². The topological polar surface area (TPSA) is 138 Å². The van der Waals surface area contributed by atoms with Gasteiger partial charge in [-0.1, -0.05) is 33.0 Å². The first-order chi connectivity index (χ1) is 24.4. The zero-order valence-electron chi connectivity index (χ0n) is 31.1. The number of ketones is 1. The molecule has 13 heteroatoms. The minimum absolute atomic E-state index is 0.0271. The smallest absolute Gasteiger partial charge is 0.274 e. The summed E-state index contributed by atoms with van der Waals surface area (Å²) in [6.07, 6.45) is 9.46. The van der Waals surface area contributed by atoms with Crippen molar-refractivity contribution in [2.75, 3.05) is 19.8 Å². The van der Waals surface area contributed by atoms with Crippen molar-refractivity contribution in [2.24, 2.45) is 5.92 Å². The van der Waals surface area contributed by atoms with Crippen molar-refractivity contribution in [1.29, 1.82) is 0 Å². The Morgan fingerprint density at radius 3 is 2.51 bits per heavy atom. The molecule has 0 saturated heterocycles. The third-order valence-electron chi connectivity index (χ3n) is 10.2. The van der Waals surface area contributed by atoms with Crippen LogP contribution in [0.25, 0.3) is 11.2 Å². The van der Waals surface area contributed by atoms with E-state index >= 15 is 0 Å². The number of ether oxygens (including phenoxy) is 2. The lowest BCUT2D eigenvalue weighted by atomic mass is 10.0. The third-order valence-corrected chi connectivity index (χ3v) is 11.9. The van der Waals surface area contributed by atoms with Crippen LogP contribution in [0.4, 0.5) is 0 Å². The van der Waals surface area contributed by atoms with Crippen LogP contribution in [0.3, 0.4) is 0 Å². The Morgan fingerprint density at radius 2 is 1.84 bits per heavy atom. The third kappa shape index (κ3) is 8.62. The van der Waals surface area contributed by atoms with Crippen LogP contribution in [0.5, 0.6) is 5.75 Å². The first-order valence-corrected chi connectivity index (χ1v) is 22.5. The molecule has 0 unspecified atom stereocenters. The molecule has 1 aliphatic heterocycles. The number of nitrogens with one attached hydrogen (secondary N) is 1. The molecule has 2 fully saturated rings. The number of hydrogen-bond donors (Lipinski definition) is 1. The number of unbranched alkanes of at least 4 members (excludes halogenated alkanes) is 1. The van der Waals surface area contributed by atoms with E-state index in [0.717, 1.165) is 50.3 Å². The van der Waals surface area contributed by atoms with Gasteiger partial charge in [-0.2, -0.15) is 0 Å². The van der Waals surface area contributed by atoms with E-state index < -0.39 is 14.1 Å². The lowest BCUT2D eigenvalue weighted by Gasteiger charge is -2.35. The number of hydrogen-bond acceptors (Lipinski definition) is 8. The molecule has 3 aromatic heterocycles.